The van der Waals surface area contributed by atoms with Crippen molar-refractivity contribution in [3.05, 3.63) is 46.4 Å². The van der Waals surface area contributed by atoms with Crippen molar-refractivity contribution in [1.29, 1.82) is 0 Å². The van der Waals surface area contributed by atoms with E-state index in [9.17, 15) is 9.18 Å². The van der Waals surface area contributed by atoms with Gasteiger partial charge in [-0.05, 0) is 49.6 Å². The minimum atomic E-state index is -0.673. The molecule has 0 fully saturated rings. The molecule has 1 aromatic carbocycles. The van der Waals surface area contributed by atoms with Gasteiger partial charge in [-0.15, -0.1) is 0 Å². The molecule has 6 heteroatoms. The largest absolute Gasteiger partial charge is 0.463 e. The molecular weight excluding hydrogens is 295 g/mol. The number of benzene rings is 1. The van der Waals surface area contributed by atoms with Crippen molar-refractivity contribution in [3.63, 3.8) is 0 Å². The minimum absolute atomic E-state index is 0.161. The van der Waals surface area contributed by atoms with Crippen molar-refractivity contribution >= 4 is 22.9 Å². The summed E-state index contributed by atoms with van der Waals surface area (Å²) in [5.74, 6) is -0.831. The number of carbonyl (C=O) groups is 1. The first-order valence-corrected chi connectivity index (χ1v) is 6.96. The van der Waals surface area contributed by atoms with Gasteiger partial charge in [-0.1, -0.05) is 12.1 Å². The van der Waals surface area contributed by atoms with Crippen LogP contribution in [-0.4, -0.2) is 17.9 Å². The van der Waals surface area contributed by atoms with E-state index in [0.717, 1.165) is 0 Å². The normalized spacial score (nSPS) is 18.1. The molecule has 0 saturated heterocycles. The summed E-state index contributed by atoms with van der Waals surface area (Å²) in [6.07, 6.45) is 0. The monoisotopic (exact) mass is 310 g/mol. The highest BCUT2D eigenvalue weighted by molar-refractivity contribution is 6.65. The number of hydrogen-bond donors (Lipinski definition) is 1. The molecular formula is C15H16ClFN2O2. The Labute approximate surface area is 127 Å². The van der Waals surface area contributed by atoms with Gasteiger partial charge in [-0.3, -0.25) is 0 Å². The molecule has 1 aliphatic heterocycles. The molecule has 0 aromatic heterocycles. The first-order chi connectivity index (χ1) is 9.95. The quantitative estimate of drug-likeness (QED) is 0.689. The molecule has 1 unspecified atom stereocenters. The number of esters is 1. The lowest BCUT2D eigenvalue weighted by Gasteiger charge is -2.25. The summed E-state index contributed by atoms with van der Waals surface area (Å²) in [5.41, 5.74) is 1.93. The lowest BCUT2D eigenvalue weighted by atomic mass is 9.93. The van der Waals surface area contributed by atoms with Gasteiger partial charge in [0, 0.05) is 5.70 Å². The minimum Gasteiger partial charge on any atom is -0.463 e. The van der Waals surface area contributed by atoms with E-state index in [4.69, 9.17) is 16.3 Å². The number of nitrogens with one attached hydrogen (secondary N) is 1. The Hall–Kier alpha value is -1.88. The predicted molar refractivity (Wildman–Crippen MR) is 79.6 cm³/mol. The average molecular weight is 311 g/mol. The number of allylic oxidation sites excluding steroid dienone is 1. The van der Waals surface area contributed by atoms with Crippen LogP contribution in [0.1, 0.15) is 31.0 Å². The number of hydrogen-bond acceptors (Lipinski definition) is 4. The number of nitrogens with zero attached hydrogens (tertiary/aromatic N) is 1. The van der Waals surface area contributed by atoms with Gasteiger partial charge in [0.25, 0.3) is 0 Å². The van der Waals surface area contributed by atoms with Crippen molar-refractivity contribution in [2.45, 2.75) is 26.8 Å². The lowest BCUT2D eigenvalue weighted by molar-refractivity contribution is -0.138. The molecule has 0 spiro atoms. The molecule has 0 aliphatic carbocycles. The standard InChI is InChI=1S/C15H16ClFN2O2/c1-4-21-14(20)12-9(3)18-15(16)19-13(12)10-6-5-7-11(17)8(10)2/h5-7,13H,4H2,1-3H3,(H,18,19). The van der Waals surface area contributed by atoms with Crippen molar-refractivity contribution in [1.82, 2.24) is 5.32 Å². The van der Waals surface area contributed by atoms with E-state index in [1.165, 1.54) is 6.07 Å². The molecule has 1 heterocycles. The van der Waals surface area contributed by atoms with Crippen LogP contribution in [0.15, 0.2) is 34.5 Å². The van der Waals surface area contributed by atoms with Crippen LogP contribution in [0.25, 0.3) is 0 Å². The molecule has 0 radical (unpaired) electrons. The Bertz CT molecular complexity index is 641. The van der Waals surface area contributed by atoms with E-state index in [2.05, 4.69) is 10.3 Å². The fourth-order valence-corrected chi connectivity index (χ4v) is 2.50. The Kier molecular flexibility index (Phi) is 4.63. The molecule has 1 aromatic rings. The van der Waals surface area contributed by atoms with E-state index in [1.807, 2.05) is 0 Å². The molecule has 0 saturated carbocycles. The van der Waals surface area contributed by atoms with Gasteiger partial charge in [0.05, 0.1) is 12.2 Å². The van der Waals surface area contributed by atoms with E-state index in [-0.39, 0.29) is 17.7 Å². The summed E-state index contributed by atoms with van der Waals surface area (Å²) in [4.78, 5) is 16.4. The maximum absolute atomic E-state index is 13.8. The fraction of sp³-hybridized carbons (Fsp3) is 0.333. The van der Waals surface area contributed by atoms with Crippen molar-refractivity contribution < 1.29 is 13.9 Å². The summed E-state index contributed by atoms with van der Waals surface area (Å²) in [5, 5.41) is 2.96. The smallest absolute Gasteiger partial charge is 0.338 e. The second kappa shape index (κ2) is 6.26. The third-order valence-corrected chi connectivity index (χ3v) is 3.50. The maximum Gasteiger partial charge on any atom is 0.338 e. The molecule has 1 atom stereocenters. The van der Waals surface area contributed by atoms with E-state index >= 15 is 0 Å². The summed E-state index contributed by atoms with van der Waals surface area (Å²) in [6, 6.07) is 4.01. The zero-order chi connectivity index (χ0) is 15.6. The van der Waals surface area contributed by atoms with Crippen LogP contribution in [0, 0.1) is 12.7 Å². The number of rotatable bonds is 3. The Morgan fingerprint density at radius 1 is 1.48 bits per heavy atom. The zero-order valence-corrected chi connectivity index (χ0v) is 12.8. The lowest BCUT2D eigenvalue weighted by Crippen LogP contribution is -2.29. The van der Waals surface area contributed by atoms with Crippen molar-refractivity contribution in [2.75, 3.05) is 6.61 Å². The van der Waals surface area contributed by atoms with Gasteiger partial charge in [0.1, 0.15) is 11.9 Å². The Morgan fingerprint density at radius 2 is 2.19 bits per heavy atom. The number of ether oxygens (including phenoxy) is 1. The van der Waals surface area contributed by atoms with Gasteiger partial charge >= 0.3 is 5.97 Å². The van der Waals surface area contributed by atoms with Crippen LogP contribution in [0.4, 0.5) is 4.39 Å². The highest BCUT2D eigenvalue weighted by Gasteiger charge is 2.31. The molecule has 0 amide bonds. The summed E-state index contributed by atoms with van der Waals surface area (Å²) >= 11 is 5.95. The topological polar surface area (TPSA) is 50.7 Å². The van der Waals surface area contributed by atoms with Crippen LogP contribution in [0.5, 0.6) is 0 Å². The first-order valence-electron chi connectivity index (χ1n) is 6.59. The van der Waals surface area contributed by atoms with Crippen molar-refractivity contribution in [3.8, 4) is 0 Å². The molecule has 0 bridgehead atoms. The number of amidine groups is 1. The van der Waals surface area contributed by atoms with E-state index in [1.54, 1.807) is 32.9 Å². The third-order valence-electron chi connectivity index (χ3n) is 3.31. The summed E-state index contributed by atoms with van der Waals surface area (Å²) in [6.45, 7) is 5.34. The van der Waals surface area contributed by atoms with E-state index in [0.29, 0.717) is 22.4 Å². The molecule has 4 nitrogen and oxygen atoms in total. The second-order valence-electron chi connectivity index (χ2n) is 4.66. The van der Waals surface area contributed by atoms with Gasteiger partial charge in [0.15, 0.2) is 5.29 Å². The van der Waals surface area contributed by atoms with Gasteiger partial charge in [-0.25, -0.2) is 14.2 Å². The average Bonchev–Trinajstić information content (AvgIpc) is 2.41. The third kappa shape index (κ3) is 3.08. The van der Waals surface area contributed by atoms with Crippen LogP contribution in [0.2, 0.25) is 0 Å². The Morgan fingerprint density at radius 3 is 2.86 bits per heavy atom. The number of aliphatic imine (C=N–C) groups is 1. The van der Waals surface area contributed by atoms with Crippen LogP contribution < -0.4 is 5.32 Å². The zero-order valence-electron chi connectivity index (χ0n) is 12.0. The SMILES string of the molecule is CCOC(=O)C1=C(C)NC(Cl)=NC1c1cccc(F)c1C. The van der Waals surface area contributed by atoms with Gasteiger partial charge in [-0.2, -0.15) is 0 Å². The van der Waals surface area contributed by atoms with Crippen LogP contribution >= 0.6 is 11.6 Å². The molecule has 112 valence electrons. The highest BCUT2D eigenvalue weighted by Crippen LogP contribution is 2.34. The first kappa shape index (κ1) is 15.5. The number of carbonyl (C=O) groups excluding carboxylic acids is 1. The van der Waals surface area contributed by atoms with Crippen molar-refractivity contribution in [2.24, 2.45) is 4.99 Å². The Balaban J connectivity index is 2.54. The highest BCUT2D eigenvalue weighted by atomic mass is 35.5. The van der Waals surface area contributed by atoms with Crippen LogP contribution in [0.3, 0.4) is 0 Å². The predicted octanol–water partition coefficient (Wildman–Crippen LogP) is 3.21. The molecule has 21 heavy (non-hydrogen) atoms. The molecule has 2 rings (SSSR count). The van der Waals surface area contributed by atoms with Gasteiger partial charge < -0.3 is 10.1 Å². The summed E-state index contributed by atoms with van der Waals surface area (Å²) in [7, 11) is 0. The van der Waals surface area contributed by atoms with Crippen LogP contribution in [-0.2, 0) is 9.53 Å². The number of halogens is 2. The summed E-state index contributed by atoms with van der Waals surface area (Å²) < 4.78 is 18.8. The fourth-order valence-electron chi connectivity index (χ4n) is 2.26. The molecule has 1 N–H and O–H groups in total. The maximum atomic E-state index is 13.8. The molecule has 1 aliphatic rings. The second-order valence-corrected chi connectivity index (χ2v) is 5.02. The van der Waals surface area contributed by atoms with E-state index < -0.39 is 12.0 Å². The van der Waals surface area contributed by atoms with Gasteiger partial charge in [0.2, 0.25) is 0 Å².